The Morgan fingerprint density at radius 3 is 2.70 bits per heavy atom. The summed E-state index contributed by atoms with van der Waals surface area (Å²) in [5.41, 5.74) is 5.16. The molecule has 0 spiro atoms. The number of hydrogen-bond acceptors (Lipinski definition) is 4. The average Bonchev–Trinajstić information content (AvgIpc) is 2.37. The molecule has 1 aliphatic carbocycles. The second-order valence-electron chi connectivity index (χ2n) is 5.67. The van der Waals surface area contributed by atoms with Crippen LogP contribution in [0.2, 0.25) is 0 Å². The molecular weight excluding hydrogens is 263 g/mol. The molecule has 0 aliphatic heterocycles. The molecule has 1 aromatic rings. The van der Waals surface area contributed by atoms with Gasteiger partial charge in [0.2, 0.25) is 0 Å². The van der Waals surface area contributed by atoms with E-state index in [0.717, 1.165) is 6.42 Å². The molecule has 0 bridgehead atoms. The van der Waals surface area contributed by atoms with Crippen molar-refractivity contribution in [2.45, 2.75) is 32.4 Å². The standard InChI is InChI=1S/C14H19FN2O3/c1-14(2)9(6-10(14)20-3)17-8-5-4-7(15)12(16)11(8)13(18)19/h4-5,9-10,17H,6,16H2,1-3H3,(H,18,19). The number of methoxy groups -OCH3 is 1. The average molecular weight is 282 g/mol. The van der Waals surface area contributed by atoms with Gasteiger partial charge in [-0.3, -0.25) is 0 Å². The molecule has 4 N–H and O–H groups in total. The second kappa shape index (κ2) is 4.94. The fraction of sp³-hybridized carbons (Fsp3) is 0.500. The van der Waals surface area contributed by atoms with Crippen LogP contribution in [-0.2, 0) is 4.74 Å². The number of aromatic carboxylic acids is 1. The van der Waals surface area contributed by atoms with Crippen molar-refractivity contribution in [2.75, 3.05) is 18.2 Å². The van der Waals surface area contributed by atoms with Crippen LogP contribution in [0.5, 0.6) is 0 Å². The molecule has 0 saturated heterocycles. The van der Waals surface area contributed by atoms with Gasteiger partial charge in [0.05, 0.1) is 17.5 Å². The monoisotopic (exact) mass is 282 g/mol. The smallest absolute Gasteiger partial charge is 0.340 e. The van der Waals surface area contributed by atoms with Gasteiger partial charge in [-0.25, -0.2) is 9.18 Å². The van der Waals surface area contributed by atoms with E-state index in [4.69, 9.17) is 10.5 Å². The predicted molar refractivity (Wildman–Crippen MR) is 74.4 cm³/mol. The number of carboxylic acids is 1. The number of nitrogens with one attached hydrogen (secondary N) is 1. The van der Waals surface area contributed by atoms with Crippen molar-refractivity contribution in [3.63, 3.8) is 0 Å². The van der Waals surface area contributed by atoms with Crippen molar-refractivity contribution in [1.82, 2.24) is 0 Å². The number of rotatable bonds is 4. The summed E-state index contributed by atoms with van der Waals surface area (Å²) < 4.78 is 18.7. The summed E-state index contributed by atoms with van der Waals surface area (Å²) in [7, 11) is 1.65. The van der Waals surface area contributed by atoms with Crippen molar-refractivity contribution in [3.8, 4) is 0 Å². The van der Waals surface area contributed by atoms with Crippen LogP contribution in [0, 0.1) is 11.2 Å². The normalized spacial score (nSPS) is 24.0. The molecule has 5 nitrogen and oxygen atoms in total. The van der Waals surface area contributed by atoms with E-state index in [1.54, 1.807) is 7.11 Å². The highest BCUT2D eigenvalue weighted by atomic mass is 19.1. The number of halogens is 1. The third-order valence-corrected chi connectivity index (χ3v) is 4.20. The Morgan fingerprint density at radius 2 is 2.20 bits per heavy atom. The van der Waals surface area contributed by atoms with Gasteiger partial charge in [0.25, 0.3) is 0 Å². The molecule has 0 amide bonds. The highest BCUT2D eigenvalue weighted by molar-refractivity contribution is 6.00. The number of nitrogen functional groups attached to an aromatic ring is 1. The van der Waals surface area contributed by atoms with Crippen LogP contribution in [-0.4, -0.2) is 30.3 Å². The van der Waals surface area contributed by atoms with E-state index in [1.165, 1.54) is 12.1 Å². The fourth-order valence-corrected chi connectivity index (χ4v) is 2.66. The zero-order valence-electron chi connectivity index (χ0n) is 11.7. The summed E-state index contributed by atoms with van der Waals surface area (Å²) in [5, 5.41) is 12.3. The van der Waals surface area contributed by atoms with Gasteiger partial charge < -0.3 is 20.9 Å². The molecule has 110 valence electrons. The van der Waals surface area contributed by atoms with E-state index in [0.29, 0.717) is 5.69 Å². The van der Waals surface area contributed by atoms with Crippen LogP contribution in [0.15, 0.2) is 12.1 Å². The minimum Gasteiger partial charge on any atom is -0.478 e. The maximum atomic E-state index is 13.4. The van der Waals surface area contributed by atoms with Gasteiger partial charge in [0.1, 0.15) is 11.4 Å². The molecule has 1 aliphatic rings. The molecule has 6 heteroatoms. The molecule has 1 fully saturated rings. The van der Waals surface area contributed by atoms with Crippen LogP contribution < -0.4 is 11.1 Å². The van der Waals surface area contributed by atoms with E-state index in [9.17, 15) is 14.3 Å². The van der Waals surface area contributed by atoms with Crippen LogP contribution >= 0.6 is 0 Å². The quantitative estimate of drug-likeness (QED) is 0.738. The van der Waals surface area contributed by atoms with Gasteiger partial charge in [-0.2, -0.15) is 0 Å². The maximum absolute atomic E-state index is 13.4. The second-order valence-corrected chi connectivity index (χ2v) is 5.67. The third-order valence-electron chi connectivity index (χ3n) is 4.20. The lowest BCUT2D eigenvalue weighted by atomic mass is 9.64. The number of nitrogens with two attached hydrogens (primary N) is 1. The Labute approximate surface area is 116 Å². The Bertz CT molecular complexity index is 545. The van der Waals surface area contributed by atoms with Crippen molar-refractivity contribution in [3.05, 3.63) is 23.5 Å². The van der Waals surface area contributed by atoms with E-state index in [2.05, 4.69) is 5.32 Å². The molecule has 2 atom stereocenters. The minimum atomic E-state index is -1.25. The lowest BCUT2D eigenvalue weighted by Crippen LogP contribution is -2.57. The Balaban J connectivity index is 2.28. The van der Waals surface area contributed by atoms with Gasteiger partial charge in [-0.1, -0.05) is 13.8 Å². The van der Waals surface area contributed by atoms with Gasteiger partial charge in [-0.15, -0.1) is 0 Å². The number of carboxylic acid groups (broad SMARTS) is 1. The molecule has 0 radical (unpaired) electrons. The van der Waals surface area contributed by atoms with Crippen molar-refractivity contribution >= 4 is 17.3 Å². The van der Waals surface area contributed by atoms with Gasteiger partial charge in [0, 0.05) is 18.6 Å². The highest BCUT2D eigenvalue weighted by Crippen LogP contribution is 2.44. The molecule has 2 unspecified atom stereocenters. The summed E-state index contributed by atoms with van der Waals surface area (Å²) in [4.78, 5) is 11.3. The minimum absolute atomic E-state index is 0.0513. The summed E-state index contributed by atoms with van der Waals surface area (Å²) in [6.07, 6.45) is 0.880. The van der Waals surface area contributed by atoms with Crippen LogP contribution in [0.3, 0.4) is 0 Å². The summed E-state index contributed by atoms with van der Waals surface area (Å²) in [6.45, 7) is 4.07. The maximum Gasteiger partial charge on any atom is 0.340 e. The predicted octanol–water partition coefficient (Wildman–Crippen LogP) is 2.33. The van der Waals surface area contributed by atoms with Crippen LogP contribution in [0.4, 0.5) is 15.8 Å². The number of carbonyl (C=O) groups is 1. The number of ether oxygens (including phenoxy) is 1. The van der Waals surface area contributed by atoms with Crippen molar-refractivity contribution in [2.24, 2.45) is 5.41 Å². The van der Waals surface area contributed by atoms with Gasteiger partial charge in [-0.05, 0) is 18.6 Å². The Hall–Kier alpha value is -1.82. The zero-order chi connectivity index (χ0) is 15.1. The first-order chi connectivity index (χ1) is 9.28. The summed E-state index contributed by atoms with van der Waals surface area (Å²) in [6, 6.07) is 2.63. The zero-order valence-corrected chi connectivity index (χ0v) is 11.7. The van der Waals surface area contributed by atoms with Gasteiger partial charge >= 0.3 is 5.97 Å². The Kier molecular flexibility index (Phi) is 3.60. The first kappa shape index (κ1) is 14.6. The third kappa shape index (κ3) is 2.20. The molecule has 0 aromatic heterocycles. The topological polar surface area (TPSA) is 84.6 Å². The molecule has 1 saturated carbocycles. The Morgan fingerprint density at radius 1 is 1.55 bits per heavy atom. The van der Waals surface area contributed by atoms with Crippen LogP contribution in [0.25, 0.3) is 0 Å². The fourth-order valence-electron chi connectivity index (χ4n) is 2.66. The lowest BCUT2D eigenvalue weighted by molar-refractivity contribution is -0.0794. The van der Waals surface area contributed by atoms with E-state index in [-0.39, 0.29) is 28.8 Å². The number of benzene rings is 1. The van der Waals surface area contributed by atoms with E-state index < -0.39 is 11.8 Å². The van der Waals surface area contributed by atoms with Crippen molar-refractivity contribution in [1.29, 1.82) is 0 Å². The first-order valence-corrected chi connectivity index (χ1v) is 6.39. The summed E-state index contributed by atoms with van der Waals surface area (Å²) >= 11 is 0. The SMILES string of the molecule is COC1CC(Nc2ccc(F)c(N)c2C(=O)O)C1(C)C. The molecule has 2 rings (SSSR count). The molecule has 20 heavy (non-hydrogen) atoms. The highest BCUT2D eigenvalue weighted by Gasteiger charge is 2.48. The molecule has 0 heterocycles. The summed E-state index contributed by atoms with van der Waals surface area (Å²) in [5.74, 6) is -1.97. The number of hydrogen-bond donors (Lipinski definition) is 3. The van der Waals surface area contributed by atoms with Crippen LogP contribution in [0.1, 0.15) is 30.6 Å². The molecule has 1 aromatic carbocycles. The van der Waals surface area contributed by atoms with E-state index >= 15 is 0 Å². The first-order valence-electron chi connectivity index (χ1n) is 6.39. The van der Waals surface area contributed by atoms with Crippen molar-refractivity contribution < 1.29 is 19.0 Å². The number of anilines is 2. The molecular formula is C14H19FN2O3. The lowest BCUT2D eigenvalue weighted by Gasteiger charge is -2.51. The van der Waals surface area contributed by atoms with E-state index in [1.807, 2.05) is 13.8 Å². The largest absolute Gasteiger partial charge is 0.478 e. The van der Waals surface area contributed by atoms with Gasteiger partial charge in [0.15, 0.2) is 0 Å².